The van der Waals surface area contributed by atoms with E-state index in [2.05, 4.69) is 5.32 Å². The minimum absolute atomic E-state index is 0.0135. The van der Waals surface area contributed by atoms with Crippen LogP contribution < -0.4 is 5.32 Å². The minimum Gasteiger partial charge on any atom is -0.357 e. The van der Waals surface area contributed by atoms with E-state index < -0.39 is 6.04 Å². The number of carbonyl (C=O) groups excluding carboxylic acids is 2. The number of benzene rings is 2. The fourth-order valence-corrected chi connectivity index (χ4v) is 3.48. The highest BCUT2D eigenvalue weighted by Crippen LogP contribution is 2.26. The first-order valence-electron chi connectivity index (χ1n) is 8.55. The molecule has 0 bridgehead atoms. The zero-order chi connectivity index (χ0) is 20.0. The standard InChI is InChI=1S/C20H21Cl3N2O2/c1-3-18(20(27)24-2)25(12-13-7-9-14(21)10-8-13)19(26)11-15-16(22)5-4-6-17(15)23/h4-10,18H,3,11-12H2,1-2H3,(H,24,27)/t18-/m0/s1. The molecule has 0 radical (unpaired) electrons. The van der Waals surface area contributed by atoms with Crippen molar-refractivity contribution >= 4 is 46.6 Å². The van der Waals surface area contributed by atoms with Gasteiger partial charge < -0.3 is 10.2 Å². The molecule has 0 heterocycles. The van der Waals surface area contributed by atoms with Crippen molar-refractivity contribution in [2.75, 3.05) is 7.05 Å². The fraction of sp³-hybridized carbons (Fsp3) is 0.300. The summed E-state index contributed by atoms with van der Waals surface area (Å²) in [5.74, 6) is -0.444. The number of hydrogen-bond donors (Lipinski definition) is 1. The topological polar surface area (TPSA) is 49.4 Å². The van der Waals surface area contributed by atoms with E-state index in [1.807, 2.05) is 19.1 Å². The van der Waals surface area contributed by atoms with Gasteiger partial charge in [-0.1, -0.05) is 59.9 Å². The molecule has 0 aliphatic carbocycles. The lowest BCUT2D eigenvalue weighted by molar-refractivity contribution is -0.140. The van der Waals surface area contributed by atoms with Gasteiger partial charge in [-0.3, -0.25) is 9.59 Å². The maximum absolute atomic E-state index is 13.1. The van der Waals surface area contributed by atoms with Crippen LogP contribution in [0.15, 0.2) is 42.5 Å². The SMILES string of the molecule is CC[C@@H](C(=O)NC)N(Cc1ccc(Cl)cc1)C(=O)Cc1c(Cl)cccc1Cl. The van der Waals surface area contributed by atoms with Crippen LogP contribution >= 0.6 is 34.8 Å². The molecule has 0 fully saturated rings. The average molecular weight is 428 g/mol. The summed E-state index contributed by atoms with van der Waals surface area (Å²) in [6.45, 7) is 2.15. The van der Waals surface area contributed by atoms with Gasteiger partial charge in [-0.15, -0.1) is 0 Å². The number of likely N-dealkylation sites (N-methyl/N-ethyl adjacent to an activating group) is 1. The minimum atomic E-state index is -0.598. The second-order valence-corrected chi connectivity index (χ2v) is 7.31. The Morgan fingerprint density at radius 2 is 1.63 bits per heavy atom. The van der Waals surface area contributed by atoms with Crippen molar-refractivity contribution in [1.82, 2.24) is 10.2 Å². The second kappa shape index (κ2) is 9.98. The molecular weight excluding hydrogens is 407 g/mol. The van der Waals surface area contributed by atoms with E-state index in [4.69, 9.17) is 34.8 Å². The Morgan fingerprint density at radius 1 is 1.04 bits per heavy atom. The Kier molecular flexibility index (Phi) is 7.96. The van der Waals surface area contributed by atoms with Crippen LogP contribution in [0.25, 0.3) is 0 Å². The molecule has 0 saturated carbocycles. The normalized spacial score (nSPS) is 11.7. The Morgan fingerprint density at radius 3 is 2.15 bits per heavy atom. The molecule has 0 aromatic heterocycles. The van der Waals surface area contributed by atoms with Crippen molar-refractivity contribution in [1.29, 1.82) is 0 Å². The summed E-state index contributed by atoms with van der Waals surface area (Å²) < 4.78 is 0. The molecule has 1 atom stereocenters. The lowest BCUT2D eigenvalue weighted by atomic mass is 10.1. The van der Waals surface area contributed by atoms with Gasteiger partial charge in [-0.25, -0.2) is 0 Å². The summed E-state index contributed by atoms with van der Waals surface area (Å²) in [7, 11) is 1.56. The molecule has 2 aromatic rings. The number of rotatable bonds is 7. The van der Waals surface area contributed by atoms with Crippen molar-refractivity contribution in [3.63, 3.8) is 0 Å². The quantitative estimate of drug-likeness (QED) is 0.693. The zero-order valence-corrected chi connectivity index (χ0v) is 17.4. The van der Waals surface area contributed by atoms with Crippen LogP contribution in [0, 0.1) is 0 Å². The first-order valence-corrected chi connectivity index (χ1v) is 9.69. The van der Waals surface area contributed by atoms with Crippen molar-refractivity contribution in [2.24, 2.45) is 0 Å². The van der Waals surface area contributed by atoms with Gasteiger partial charge in [0.2, 0.25) is 11.8 Å². The lowest BCUT2D eigenvalue weighted by Crippen LogP contribution is -2.48. The van der Waals surface area contributed by atoms with Gasteiger partial charge in [-0.2, -0.15) is 0 Å². The summed E-state index contributed by atoms with van der Waals surface area (Å²) in [6.07, 6.45) is 0.495. The molecule has 0 saturated heterocycles. The third-order valence-electron chi connectivity index (χ3n) is 4.29. The first kappa shape index (κ1) is 21.5. The highest BCUT2D eigenvalue weighted by atomic mass is 35.5. The number of nitrogens with one attached hydrogen (secondary N) is 1. The molecule has 0 aliphatic rings. The van der Waals surface area contributed by atoms with Gasteiger partial charge in [0, 0.05) is 28.7 Å². The van der Waals surface area contributed by atoms with Crippen LogP contribution in [0.3, 0.4) is 0 Å². The van der Waals surface area contributed by atoms with Crippen molar-refractivity contribution in [3.8, 4) is 0 Å². The van der Waals surface area contributed by atoms with Crippen molar-refractivity contribution in [2.45, 2.75) is 32.4 Å². The Hall–Kier alpha value is -1.75. The van der Waals surface area contributed by atoms with Crippen LogP contribution in [-0.2, 0) is 22.6 Å². The molecule has 2 amide bonds. The lowest BCUT2D eigenvalue weighted by Gasteiger charge is -2.30. The molecule has 7 heteroatoms. The molecule has 1 N–H and O–H groups in total. The van der Waals surface area contributed by atoms with Gasteiger partial charge in [0.15, 0.2) is 0 Å². The Labute approximate surface area is 174 Å². The largest absolute Gasteiger partial charge is 0.357 e. The zero-order valence-electron chi connectivity index (χ0n) is 15.1. The summed E-state index contributed by atoms with van der Waals surface area (Å²) in [6, 6.07) is 11.7. The van der Waals surface area contributed by atoms with Crippen LogP contribution in [0.5, 0.6) is 0 Å². The van der Waals surface area contributed by atoms with E-state index in [9.17, 15) is 9.59 Å². The predicted molar refractivity (Wildman–Crippen MR) is 110 cm³/mol. The molecule has 144 valence electrons. The Bertz CT molecular complexity index is 789. The molecule has 0 unspecified atom stereocenters. The third-order valence-corrected chi connectivity index (χ3v) is 5.25. The summed E-state index contributed by atoms with van der Waals surface area (Å²) in [5, 5.41) is 4.09. The maximum Gasteiger partial charge on any atom is 0.242 e. The monoisotopic (exact) mass is 426 g/mol. The van der Waals surface area contributed by atoms with Crippen molar-refractivity contribution in [3.05, 3.63) is 68.7 Å². The summed E-state index contributed by atoms with van der Waals surface area (Å²) >= 11 is 18.4. The smallest absolute Gasteiger partial charge is 0.242 e. The maximum atomic E-state index is 13.1. The Balaban J connectivity index is 2.33. The second-order valence-electron chi connectivity index (χ2n) is 6.06. The molecule has 27 heavy (non-hydrogen) atoms. The molecule has 4 nitrogen and oxygen atoms in total. The number of halogens is 3. The fourth-order valence-electron chi connectivity index (χ4n) is 2.83. The molecule has 2 aromatic carbocycles. The summed E-state index contributed by atoms with van der Waals surface area (Å²) in [4.78, 5) is 27.0. The number of hydrogen-bond acceptors (Lipinski definition) is 2. The molecule has 0 aliphatic heterocycles. The molecule has 0 spiro atoms. The van der Waals surface area contributed by atoms with Crippen LogP contribution in [0.1, 0.15) is 24.5 Å². The van der Waals surface area contributed by atoms with Crippen molar-refractivity contribution < 1.29 is 9.59 Å². The average Bonchev–Trinajstić information content (AvgIpc) is 2.65. The predicted octanol–water partition coefficient (Wildman–Crippen LogP) is 4.74. The van der Waals surface area contributed by atoms with Gasteiger partial charge in [0.1, 0.15) is 6.04 Å². The van der Waals surface area contributed by atoms with Crippen LogP contribution in [-0.4, -0.2) is 29.8 Å². The first-order chi connectivity index (χ1) is 12.9. The highest BCUT2D eigenvalue weighted by molar-refractivity contribution is 6.36. The van der Waals surface area contributed by atoms with E-state index in [-0.39, 0.29) is 24.8 Å². The number of amides is 2. The number of carbonyl (C=O) groups is 2. The van der Waals surface area contributed by atoms with Crippen LogP contribution in [0.4, 0.5) is 0 Å². The van der Waals surface area contributed by atoms with Crippen LogP contribution in [0.2, 0.25) is 15.1 Å². The van der Waals surface area contributed by atoms with E-state index in [1.165, 1.54) is 0 Å². The van der Waals surface area contributed by atoms with E-state index >= 15 is 0 Å². The van der Waals surface area contributed by atoms with Gasteiger partial charge in [0.05, 0.1) is 6.42 Å². The van der Waals surface area contributed by atoms with E-state index in [1.54, 1.807) is 42.3 Å². The van der Waals surface area contributed by atoms with E-state index in [0.717, 1.165) is 5.56 Å². The third kappa shape index (κ3) is 5.61. The van der Waals surface area contributed by atoms with Gasteiger partial charge >= 0.3 is 0 Å². The number of nitrogens with zero attached hydrogens (tertiary/aromatic N) is 1. The summed E-state index contributed by atoms with van der Waals surface area (Å²) in [5.41, 5.74) is 1.43. The van der Waals surface area contributed by atoms with E-state index in [0.29, 0.717) is 27.1 Å². The van der Waals surface area contributed by atoms with Gasteiger partial charge in [0.25, 0.3) is 0 Å². The molecular formula is C20H21Cl3N2O2. The highest BCUT2D eigenvalue weighted by Gasteiger charge is 2.28. The molecule has 2 rings (SSSR count). The van der Waals surface area contributed by atoms with Gasteiger partial charge in [-0.05, 0) is 41.8 Å².